The van der Waals surface area contributed by atoms with E-state index < -0.39 is 18.0 Å². The fourth-order valence-corrected chi connectivity index (χ4v) is 5.47. The van der Waals surface area contributed by atoms with Gasteiger partial charge in [-0.1, -0.05) is 12.1 Å². The highest BCUT2D eigenvalue weighted by Crippen LogP contribution is 2.48. The predicted octanol–water partition coefficient (Wildman–Crippen LogP) is 8.22. The number of hydrogen-bond acceptors (Lipinski definition) is 6. The van der Waals surface area contributed by atoms with Gasteiger partial charge in [0.2, 0.25) is 5.89 Å². The van der Waals surface area contributed by atoms with Gasteiger partial charge in [-0.25, -0.2) is 9.78 Å². The molecular formula is C31H32F3N3O5. The lowest BCUT2D eigenvalue weighted by molar-refractivity contribution is -0.141. The van der Waals surface area contributed by atoms with Crippen molar-refractivity contribution in [3.05, 3.63) is 54.4 Å². The number of fused-ring (bicyclic) bond motifs is 1. The Morgan fingerprint density at radius 1 is 1.07 bits per heavy atom. The number of nitrogens with zero attached hydrogens (tertiary/aromatic N) is 2. The van der Waals surface area contributed by atoms with Crippen LogP contribution in [0, 0.1) is 0 Å². The maximum Gasteiger partial charge on any atom is 0.436 e. The number of halogens is 3. The average molecular weight is 584 g/mol. The van der Waals surface area contributed by atoms with Crippen molar-refractivity contribution in [1.29, 1.82) is 0 Å². The van der Waals surface area contributed by atoms with Crippen LogP contribution in [0.4, 0.5) is 23.7 Å². The number of benzene rings is 2. The van der Waals surface area contributed by atoms with E-state index in [2.05, 4.69) is 14.9 Å². The minimum Gasteiger partial charge on any atom is -0.490 e. The maximum absolute atomic E-state index is 13.6. The number of nitrogens with one attached hydrogen (secondary N) is 1. The summed E-state index contributed by atoms with van der Waals surface area (Å²) >= 11 is 0. The number of alkyl halides is 3. The van der Waals surface area contributed by atoms with Crippen molar-refractivity contribution in [3.8, 4) is 28.5 Å². The summed E-state index contributed by atoms with van der Waals surface area (Å²) in [6, 6.07) is 12.9. The number of ether oxygens (including phenoxy) is 3. The molecule has 6 rings (SSSR count). The smallest absolute Gasteiger partial charge is 0.436 e. The molecule has 11 heteroatoms. The van der Waals surface area contributed by atoms with Gasteiger partial charge in [0.25, 0.3) is 0 Å². The van der Waals surface area contributed by atoms with Crippen LogP contribution in [0.5, 0.6) is 5.75 Å². The molecular weight excluding hydrogens is 551 g/mol. The van der Waals surface area contributed by atoms with E-state index in [1.165, 1.54) is 0 Å². The van der Waals surface area contributed by atoms with Crippen LogP contribution in [-0.4, -0.2) is 41.1 Å². The van der Waals surface area contributed by atoms with Crippen LogP contribution >= 0.6 is 0 Å². The zero-order valence-corrected chi connectivity index (χ0v) is 23.4. The standard InChI is InChI=1S/C31H32F3N3O5/c1-18(2)41-30(38)35-20-8-6-19(7-9-20)28-27(29-36-26(17-40-29)31(32,33)34)24-11-10-23(42-22-12-14-39-15-13-22)16-25(24)37(28)21-4-3-5-21/h6-11,16-18,21-22H,3-5,12-15H2,1-2H3,(H,35,38). The first-order valence-corrected chi connectivity index (χ1v) is 14.2. The lowest BCUT2D eigenvalue weighted by Gasteiger charge is -2.30. The number of rotatable bonds is 7. The first-order valence-electron chi connectivity index (χ1n) is 14.2. The van der Waals surface area contributed by atoms with E-state index in [0.29, 0.717) is 42.2 Å². The molecule has 1 N–H and O–H groups in total. The number of anilines is 1. The molecule has 0 bridgehead atoms. The van der Waals surface area contributed by atoms with E-state index in [1.807, 2.05) is 30.3 Å². The Kier molecular flexibility index (Phi) is 7.61. The quantitative estimate of drug-likeness (QED) is 0.236. The molecule has 8 nitrogen and oxygen atoms in total. The monoisotopic (exact) mass is 583 g/mol. The van der Waals surface area contributed by atoms with Gasteiger partial charge in [0.15, 0.2) is 5.69 Å². The minimum atomic E-state index is -4.64. The van der Waals surface area contributed by atoms with Crippen molar-refractivity contribution in [2.45, 2.75) is 70.4 Å². The van der Waals surface area contributed by atoms with Gasteiger partial charge >= 0.3 is 12.3 Å². The molecule has 1 amide bonds. The van der Waals surface area contributed by atoms with Gasteiger partial charge in [-0.05, 0) is 62.9 Å². The topological polar surface area (TPSA) is 87.8 Å². The van der Waals surface area contributed by atoms with Crippen LogP contribution in [-0.2, 0) is 15.7 Å². The van der Waals surface area contributed by atoms with E-state index in [-0.39, 0.29) is 24.1 Å². The first kappa shape index (κ1) is 28.1. The lowest BCUT2D eigenvalue weighted by atomic mass is 9.92. The molecule has 4 aromatic rings. The molecule has 1 saturated carbocycles. The number of carbonyl (C=O) groups excluding carboxylic acids is 1. The summed E-state index contributed by atoms with van der Waals surface area (Å²) in [5, 5.41) is 3.42. The van der Waals surface area contributed by atoms with E-state index in [4.69, 9.17) is 18.6 Å². The molecule has 1 saturated heterocycles. The molecule has 1 aliphatic carbocycles. The number of oxazole rings is 1. The van der Waals surface area contributed by atoms with E-state index >= 15 is 0 Å². The van der Waals surface area contributed by atoms with Crippen LogP contribution in [0.15, 0.2) is 53.1 Å². The van der Waals surface area contributed by atoms with Gasteiger partial charge in [-0.2, -0.15) is 13.2 Å². The second-order valence-corrected chi connectivity index (χ2v) is 11.0. The Balaban J connectivity index is 1.48. The first-order chi connectivity index (χ1) is 20.2. The molecule has 42 heavy (non-hydrogen) atoms. The summed E-state index contributed by atoms with van der Waals surface area (Å²) in [7, 11) is 0. The predicted molar refractivity (Wildman–Crippen MR) is 150 cm³/mol. The van der Waals surface area contributed by atoms with E-state index in [9.17, 15) is 18.0 Å². The zero-order chi connectivity index (χ0) is 29.4. The van der Waals surface area contributed by atoms with Crippen molar-refractivity contribution < 1.29 is 36.6 Å². The fraction of sp³-hybridized carbons (Fsp3) is 0.419. The summed E-state index contributed by atoms with van der Waals surface area (Å²) < 4.78 is 65.3. The van der Waals surface area contributed by atoms with Crippen LogP contribution < -0.4 is 10.1 Å². The van der Waals surface area contributed by atoms with Gasteiger partial charge < -0.3 is 23.2 Å². The molecule has 2 aromatic carbocycles. The Labute approximate surface area is 240 Å². The lowest BCUT2D eigenvalue weighted by Crippen LogP contribution is -2.25. The molecule has 2 fully saturated rings. The Morgan fingerprint density at radius 2 is 1.81 bits per heavy atom. The van der Waals surface area contributed by atoms with Gasteiger partial charge in [0.05, 0.1) is 36.1 Å². The Hall–Kier alpha value is -3.99. The van der Waals surface area contributed by atoms with Crippen molar-refractivity contribution in [2.24, 2.45) is 0 Å². The third-order valence-electron chi connectivity index (χ3n) is 7.64. The molecule has 0 unspecified atom stereocenters. The number of hydrogen-bond donors (Lipinski definition) is 1. The highest BCUT2D eigenvalue weighted by molar-refractivity contribution is 6.03. The summed E-state index contributed by atoms with van der Waals surface area (Å²) in [5.74, 6) is 0.582. The molecule has 0 spiro atoms. The zero-order valence-electron chi connectivity index (χ0n) is 23.4. The second-order valence-electron chi connectivity index (χ2n) is 11.0. The van der Waals surface area contributed by atoms with E-state index in [0.717, 1.165) is 48.6 Å². The van der Waals surface area contributed by atoms with Gasteiger partial charge in [-0.15, -0.1) is 0 Å². The second kappa shape index (κ2) is 11.4. The summed E-state index contributed by atoms with van der Waals surface area (Å²) in [4.78, 5) is 16.0. The van der Waals surface area contributed by atoms with Crippen molar-refractivity contribution in [2.75, 3.05) is 18.5 Å². The molecule has 222 valence electrons. The molecule has 0 atom stereocenters. The Morgan fingerprint density at radius 3 is 2.43 bits per heavy atom. The number of carbonyl (C=O) groups is 1. The number of amides is 1. The van der Waals surface area contributed by atoms with Gasteiger partial charge in [-0.3, -0.25) is 5.32 Å². The molecule has 2 aliphatic rings. The summed E-state index contributed by atoms with van der Waals surface area (Å²) in [6.45, 7) is 4.81. The summed E-state index contributed by atoms with van der Waals surface area (Å²) in [5.41, 5.74) is 2.20. The SMILES string of the molecule is CC(C)OC(=O)Nc1ccc(-c2c(-c3nc(C(F)(F)F)co3)c3ccc(OC4CCOCC4)cc3n2C2CCC2)cc1. The van der Waals surface area contributed by atoms with Crippen molar-refractivity contribution in [1.82, 2.24) is 9.55 Å². The van der Waals surface area contributed by atoms with Gasteiger partial charge in [0.1, 0.15) is 18.1 Å². The van der Waals surface area contributed by atoms with Crippen LogP contribution in [0.1, 0.15) is 57.7 Å². The fourth-order valence-electron chi connectivity index (χ4n) is 5.47. The molecule has 3 heterocycles. The summed E-state index contributed by atoms with van der Waals surface area (Å²) in [6.07, 6.45) is -0.298. The highest BCUT2D eigenvalue weighted by atomic mass is 19.4. The van der Waals surface area contributed by atoms with Gasteiger partial charge in [0, 0.05) is 36.0 Å². The minimum absolute atomic E-state index is 0.0331. The van der Waals surface area contributed by atoms with Crippen molar-refractivity contribution >= 4 is 22.7 Å². The number of aromatic nitrogens is 2. The average Bonchev–Trinajstić information content (AvgIpc) is 3.52. The molecule has 2 aromatic heterocycles. The van der Waals surface area contributed by atoms with Crippen LogP contribution in [0.25, 0.3) is 33.6 Å². The largest absolute Gasteiger partial charge is 0.490 e. The third-order valence-corrected chi connectivity index (χ3v) is 7.64. The van der Waals surface area contributed by atoms with E-state index in [1.54, 1.807) is 26.0 Å². The molecule has 0 radical (unpaired) electrons. The van der Waals surface area contributed by atoms with Crippen molar-refractivity contribution in [3.63, 3.8) is 0 Å². The molecule has 1 aliphatic heterocycles. The maximum atomic E-state index is 13.6. The van der Waals surface area contributed by atoms with Crippen LogP contribution in [0.2, 0.25) is 0 Å². The normalized spacial score (nSPS) is 16.5. The highest BCUT2D eigenvalue weighted by Gasteiger charge is 2.37. The third kappa shape index (κ3) is 5.70. The van der Waals surface area contributed by atoms with Crippen LogP contribution in [0.3, 0.4) is 0 Å². The Bertz CT molecular complexity index is 1570.